The van der Waals surface area contributed by atoms with Gasteiger partial charge < -0.3 is 5.11 Å². The molecule has 0 spiro atoms. The molecule has 102 valence electrons. The van der Waals surface area contributed by atoms with E-state index in [-0.39, 0.29) is 6.61 Å². The van der Waals surface area contributed by atoms with Gasteiger partial charge in [-0.1, -0.05) is 34.6 Å². The highest BCUT2D eigenvalue weighted by Gasteiger charge is 2.18. The second kappa shape index (κ2) is 6.94. The van der Waals surface area contributed by atoms with Crippen LogP contribution in [0, 0.1) is 0 Å². The van der Waals surface area contributed by atoms with Crippen molar-refractivity contribution < 1.29 is 5.11 Å². The summed E-state index contributed by atoms with van der Waals surface area (Å²) in [6, 6.07) is 0. The van der Waals surface area contributed by atoms with E-state index in [9.17, 15) is 5.11 Å². The highest BCUT2D eigenvalue weighted by molar-refractivity contribution is 5.52. The molecule has 0 fully saturated rings. The van der Waals surface area contributed by atoms with E-state index in [0.717, 1.165) is 32.1 Å². The second-order valence-electron chi connectivity index (χ2n) is 4.80. The van der Waals surface area contributed by atoms with Gasteiger partial charge in [0.1, 0.15) is 0 Å². The van der Waals surface area contributed by atoms with Crippen molar-refractivity contribution in [3.8, 4) is 0 Å². The lowest BCUT2D eigenvalue weighted by atomic mass is 9.82. The predicted molar refractivity (Wildman–Crippen MR) is 79.3 cm³/mol. The lowest BCUT2D eigenvalue weighted by molar-refractivity contribution is 0.279. The van der Waals surface area contributed by atoms with Crippen LogP contribution < -0.4 is 0 Å². The number of aliphatic hydroxyl groups is 1. The van der Waals surface area contributed by atoms with Crippen molar-refractivity contribution >= 4 is 0 Å². The molecule has 1 aromatic carbocycles. The molecule has 0 saturated carbocycles. The van der Waals surface area contributed by atoms with E-state index in [1.807, 2.05) is 0 Å². The molecule has 0 amide bonds. The molecular weight excluding hydrogens is 220 g/mol. The number of hydrogen-bond acceptors (Lipinski definition) is 1. The minimum Gasteiger partial charge on any atom is -0.392 e. The molecule has 1 N–H and O–H groups in total. The summed E-state index contributed by atoms with van der Waals surface area (Å²) in [6.07, 6.45) is 5.33. The van der Waals surface area contributed by atoms with Crippen molar-refractivity contribution in [2.24, 2.45) is 0 Å². The number of aliphatic hydroxyl groups excluding tert-OH is 1. The zero-order chi connectivity index (χ0) is 13.7. The minimum atomic E-state index is 0.191. The highest BCUT2D eigenvalue weighted by atomic mass is 16.3. The zero-order valence-corrected chi connectivity index (χ0v) is 12.7. The van der Waals surface area contributed by atoms with Crippen molar-refractivity contribution in [3.63, 3.8) is 0 Å². The monoisotopic (exact) mass is 248 g/mol. The first-order valence-electron chi connectivity index (χ1n) is 7.47. The highest BCUT2D eigenvalue weighted by Crippen LogP contribution is 2.31. The number of benzene rings is 1. The van der Waals surface area contributed by atoms with Crippen LogP contribution in [-0.2, 0) is 38.7 Å². The van der Waals surface area contributed by atoms with Gasteiger partial charge in [-0.15, -0.1) is 0 Å². The molecule has 1 heteroatoms. The maximum Gasteiger partial charge on any atom is 0.0687 e. The number of hydrogen-bond donors (Lipinski definition) is 1. The van der Waals surface area contributed by atoms with E-state index in [0.29, 0.717) is 0 Å². The summed E-state index contributed by atoms with van der Waals surface area (Å²) >= 11 is 0. The Hall–Kier alpha value is -0.820. The molecule has 1 nitrogen and oxygen atoms in total. The van der Waals surface area contributed by atoms with Gasteiger partial charge in [-0.2, -0.15) is 0 Å². The van der Waals surface area contributed by atoms with Crippen molar-refractivity contribution in [2.75, 3.05) is 0 Å². The lowest BCUT2D eigenvalue weighted by Gasteiger charge is -2.24. The molecular formula is C17H28O. The molecule has 18 heavy (non-hydrogen) atoms. The van der Waals surface area contributed by atoms with Crippen LogP contribution in [0.25, 0.3) is 0 Å². The van der Waals surface area contributed by atoms with Crippen LogP contribution >= 0.6 is 0 Å². The summed E-state index contributed by atoms with van der Waals surface area (Å²) in [5, 5.41) is 9.77. The van der Waals surface area contributed by atoms with Crippen LogP contribution in [0.5, 0.6) is 0 Å². The second-order valence-corrected chi connectivity index (χ2v) is 4.80. The maximum atomic E-state index is 9.77. The molecule has 0 aromatic heterocycles. The number of rotatable bonds is 6. The van der Waals surface area contributed by atoms with Crippen molar-refractivity contribution in [1.29, 1.82) is 0 Å². The van der Waals surface area contributed by atoms with Gasteiger partial charge in [0.25, 0.3) is 0 Å². The van der Waals surface area contributed by atoms with Gasteiger partial charge in [-0.05, 0) is 65.5 Å². The standard InChI is InChI=1S/C17H28O/c1-6-12-13(7-2)15(9-4)17(11-18)16(10-5)14(12)8-3/h18H,6-11H2,1-5H3. The summed E-state index contributed by atoms with van der Waals surface area (Å²) in [5.74, 6) is 0. The maximum absolute atomic E-state index is 9.77. The van der Waals surface area contributed by atoms with Gasteiger partial charge >= 0.3 is 0 Å². The lowest BCUT2D eigenvalue weighted by Crippen LogP contribution is -2.12. The fraction of sp³-hybridized carbons (Fsp3) is 0.647. The summed E-state index contributed by atoms with van der Waals surface area (Å²) in [6.45, 7) is 11.3. The molecule has 0 saturated heterocycles. The van der Waals surface area contributed by atoms with Gasteiger partial charge in [-0.3, -0.25) is 0 Å². The Morgan fingerprint density at radius 2 is 0.722 bits per heavy atom. The largest absolute Gasteiger partial charge is 0.392 e. The minimum absolute atomic E-state index is 0.191. The molecule has 0 heterocycles. The molecule has 0 unspecified atom stereocenters. The molecule has 1 rings (SSSR count). The molecule has 1 aromatic rings. The van der Waals surface area contributed by atoms with Crippen LogP contribution in [0.15, 0.2) is 0 Å². The summed E-state index contributed by atoms with van der Waals surface area (Å²) in [5.41, 5.74) is 8.57. The van der Waals surface area contributed by atoms with Crippen molar-refractivity contribution in [3.05, 3.63) is 33.4 Å². The third-order valence-electron chi connectivity index (χ3n) is 4.11. The van der Waals surface area contributed by atoms with Gasteiger partial charge in [0, 0.05) is 0 Å². The average molecular weight is 248 g/mol. The first-order valence-corrected chi connectivity index (χ1v) is 7.47. The summed E-state index contributed by atoms with van der Waals surface area (Å²) < 4.78 is 0. The fourth-order valence-electron chi connectivity index (χ4n) is 3.42. The Morgan fingerprint density at radius 3 is 0.889 bits per heavy atom. The Kier molecular flexibility index (Phi) is 5.87. The first-order chi connectivity index (χ1) is 8.69. The predicted octanol–water partition coefficient (Wildman–Crippen LogP) is 3.99. The quantitative estimate of drug-likeness (QED) is 0.807. The van der Waals surface area contributed by atoms with Gasteiger partial charge in [0.2, 0.25) is 0 Å². The Morgan fingerprint density at radius 1 is 0.500 bits per heavy atom. The first kappa shape index (κ1) is 15.2. The summed E-state index contributed by atoms with van der Waals surface area (Å²) in [4.78, 5) is 0. The van der Waals surface area contributed by atoms with Crippen LogP contribution in [0.1, 0.15) is 68.0 Å². The SMILES string of the molecule is CCc1c(CC)c(CC)c(CO)c(CC)c1CC. The topological polar surface area (TPSA) is 20.2 Å². The van der Waals surface area contributed by atoms with E-state index in [4.69, 9.17) is 0 Å². The average Bonchev–Trinajstić information content (AvgIpc) is 2.43. The normalized spacial score (nSPS) is 11.0. The molecule has 0 atom stereocenters. The molecule has 0 aliphatic carbocycles. The van der Waals surface area contributed by atoms with Gasteiger partial charge in [0.05, 0.1) is 6.61 Å². The van der Waals surface area contributed by atoms with Crippen LogP contribution in [0.2, 0.25) is 0 Å². The Balaban J connectivity index is 3.71. The zero-order valence-electron chi connectivity index (χ0n) is 12.7. The third-order valence-corrected chi connectivity index (χ3v) is 4.11. The fourth-order valence-corrected chi connectivity index (χ4v) is 3.42. The van der Waals surface area contributed by atoms with E-state index in [1.54, 1.807) is 5.56 Å². The van der Waals surface area contributed by atoms with Crippen molar-refractivity contribution in [1.82, 2.24) is 0 Å². The van der Waals surface area contributed by atoms with E-state index >= 15 is 0 Å². The van der Waals surface area contributed by atoms with E-state index in [2.05, 4.69) is 34.6 Å². The molecule has 0 radical (unpaired) electrons. The van der Waals surface area contributed by atoms with Gasteiger partial charge in [-0.25, -0.2) is 0 Å². The Labute approximate surface area is 112 Å². The Bertz CT molecular complexity index is 284. The molecule has 0 aliphatic rings. The third kappa shape index (κ3) is 2.47. The smallest absolute Gasteiger partial charge is 0.0687 e. The van der Waals surface area contributed by atoms with Gasteiger partial charge in [0.15, 0.2) is 0 Å². The molecule has 0 bridgehead atoms. The van der Waals surface area contributed by atoms with E-state index in [1.165, 1.54) is 27.8 Å². The van der Waals surface area contributed by atoms with Crippen LogP contribution in [0.3, 0.4) is 0 Å². The van der Waals surface area contributed by atoms with Crippen LogP contribution in [0.4, 0.5) is 0 Å². The van der Waals surface area contributed by atoms with E-state index < -0.39 is 0 Å². The van der Waals surface area contributed by atoms with Crippen molar-refractivity contribution in [2.45, 2.75) is 73.3 Å². The summed E-state index contributed by atoms with van der Waals surface area (Å²) in [7, 11) is 0. The molecule has 0 aliphatic heterocycles. The van der Waals surface area contributed by atoms with Crippen LogP contribution in [-0.4, -0.2) is 5.11 Å².